The van der Waals surface area contributed by atoms with Gasteiger partial charge in [-0.1, -0.05) is 162 Å². The van der Waals surface area contributed by atoms with Crippen molar-refractivity contribution in [1.29, 1.82) is 0 Å². The third kappa shape index (κ3) is 10.5. The molecule has 7 heteroatoms. The van der Waals surface area contributed by atoms with E-state index in [0.717, 1.165) is 56.9 Å². The smallest absolute Gasteiger partial charge is 0.312 e. The van der Waals surface area contributed by atoms with Crippen LogP contribution in [0, 0.1) is 125 Å². The molecule has 2 aromatic carbocycles. The molecule has 7 nitrogen and oxygen atoms in total. The van der Waals surface area contributed by atoms with E-state index in [0.29, 0.717) is 103 Å². The molecule has 0 heterocycles. The standard InChI is InChI=1S/C41H60O3.C40H58O4.CH4/c1-27(2)31-19-23-41(35(43)17-14-30-12-10-9-11-13-30)25-24-39(7)32(36(31)41)15-16-34-37(5)21-18-28(3)38(6,26-44-29(4)42)33(37)20-22-40(34,39)8;1-26(2)30-17-21-40(35(42)43-24-29-12-10-9-11-13-29)23-22-38(7)31(34(30)40)14-15-33-36(5)19-16-27(3)37(6,25-44-28(4)41)32(36)18-20-39(33,38)8;/h9-13,28,31-34,36H,1,14-26H2,2-8H3;9-13,27,30-34H,1,14-25H2,2-8H3;1H4/t28-,31-,32?,33?,34?,36?,37-,38+,39+,40+,41+;27-,30-,31?,32?,33?,34?,36-,37+,38+,39+,40-;/m00./s1/i;;1D. The number of fused-ring (bicyclic) bond motifs is 14. The summed E-state index contributed by atoms with van der Waals surface area (Å²) in [5.74, 6) is 6.52. The molecule has 10 aliphatic carbocycles. The van der Waals surface area contributed by atoms with Gasteiger partial charge in [0.15, 0.2) is 0 Å². The zero-order valence-electron chi connectivity index (χ0n) is 59.7. The molecule has 89 heavy (non-hydrogen) atoms. The van der Waals surface area contributed by atoms with E-state index in [-0.39, 0.29) is 66.6 Å². The Kier molecular flexibility index (Phi) is 18.2. The molecule has 12 rings (SSSR count). The molecule has 22 atom stereocenters. The van der Waals surface area contributed by atoms with Crippen LogP contribution in [0.5, 0.6) is 0 Å². The molecular weight excluding hydrogens is 1100 g/mol. The first-order valence-electron chi connectivity index (χ1n) is 36.8. The largest absolute Gasteiger partial charge is 0.465 e. The zero-order chi connectivity index (χ0) is 65.4. The van der Waals surface area contributed by atoms with Gasteiger partial charge >= 0.3 is 17.9 Å². The van der Waals surface area contributed by atoms with Gasteiger partial charge in [0.25, 0.3) is 0 Å². The van der Waals surface area contributed by atoms with Gasteiger partial charge in [-0.2, -0.15) is 0 Å². The highest BCUT2D eigenvalue weighted by Crippen LogP contribution is 2.80. The van der Waals surface area contributed by atoms with Gasteiger partial charge in [0.1, 0.15) is 12.4 Å². The number of aryl methyl sites for hydroxylation is 1. The number of Topliss-reactive ketones (excluding diaryl/α,β-unsaturated/α-hetero) is 1. The fourth-order valence-electron chi connectivity index (χ4n) is 26.1. The number of benzene rings is 2. The fraction of sp³-hybridized carbons (Fsp3) is 0.756. The van der Waals surface area contributed by atoms with Crippen molar-refractivity contribution in [2.75, 3.05) is 13.2 Å². The number of hydrogen-bond donors (Lipinski definition) is 0. The van der Waals surface area contributed by atoms with Crippen LogP contribution >= 0.6 is 0 Å². The van der Waals surface area contributed by atoms with E-state index in [9.17, 15) is 19.2 Å². The van der Waals surface area contributed by atoms with E-state index < -0.39 is 5.41 Å². The van der Waals surface area contributed by atoms with Gasteiger partial charge in [-0.15, -0.1) is 0 Å². The molecule has 2 aromatic rings. The van der Waals surface area contributed by atoms with Gasteiger partial charge in [-0.3, -0.25) is 19.2 Å². The van der Waals surface area contributed by atoms with Gasteiger partial charge in [0.2, 0.25) is 0 Å². The second-order valence-corrected chi connectivity index (χ2v) is 34.6. The van der Waals surface area contributed by atoms with Crippen LogP contribution in [0.25, 0.3) is 0 Å². The highest BCUT2D eigenvalue weighted by atomic mass is 16.5. The topological polar surface area (TPSA) is 96.0 Å². The van der Waals surface area contributed by atoms with E-state index in [1.165, 1.54) is 108 Å². The Balaban J connectivity index is 0.000000193. The van der Waals surface area contributed by atoms with Gasteiger partial charge in [0, 0.05) is 37.9 Å². The minimum absolute atomic E-state index is 0.0124. The maximum Gasteiger partial charge on any atom is 0.312 e. The van der Waals surface area contributed by atoms with Crippen LogP contribution in [0.3, 0.4) is 0 Å². The number of hydrogen-bond acceptors (Lipinski definition) is 7. The molecule has 0 spiro atoms. The Hall–Kier alpha value is -4.00. The van der Waals surface area contributed by atoms with Crippen molar-refractivity contribution in [3.05, 3.63) is 96.1 Å². The summed E-state index contributed by atoms with van der Waals surface area (Å²) in [5, 5.41) is 0. The van der Waals surface area contributed by atoms with E-state index >= 15 is 0 Å². The first kappa shape index (κ1) is 66.5. The number of rotatable bonds is 13. The SMILES string of the molecule is C=C(C)[C@@H]1CC[C@]2(C(=O)CCc3ccccc3)CC[C@]3(C)C(CCC4[C@@]5(C)CC[C@H](C)[C@@](C)(COC(C)=O)C5CC[C@]43C)C12.C=C(C)[C@@H]1CC[C@]2(C(=O)OCc3ccccc3)CC[C@]3(C)C(CCC4[C@@]5(C)CC[C@H](C)[C@@](C)(COC(C)=O)C5CC[C@]43C)C12.[2H]C. The molecule has 10 aliphatic rings. The molecule has 0 saturated heterocycles. The average Bonchev–Trinajstić information content (AvgIpc) is 0.989. The van der Waals surface area contributed by atoms with Crippen LogP contribution in [0.4, 0.5) is 0 Å². The molecule has 492 valence electrons. The lowest BCUT2D eigenvalue weighted by Crippen LogP contribution is -2.67. The van der Waals surface area contributed by atoms with E-state index in [2.05, 4.69) is 127 Å². The Morgan fingerprint density at radius 1 is 0.472 bits per heavy atom. The Bertz CT molecular complexity index is 2780. The van der Waals surface area contributed by atoms with Gasteiger partial charge in [-0.05, 0) is 263 Å². The number of allylic oxidation sites excluding steroid dienone is 2. The lowest BCUT2D eigenvalue weighted by Gasteiger charge is -2.73. The summed E-state index contributed by atoms with van der Waals surface area (Å²) in [5.41, 5.74) is 5.74. The van der Waals surface area contributed by atoms with Gasteiger partial charge < -0.3 is 14.2 Å². The quantitative estimate of drug-likeness (QED) is 0.112. The highest BCUT2D eigenvalue weighted by Gasteiger charge is 2.74. The van der Waals surface area contributed by atoms with Crippen LogP contribution in [-0.2, 0) is 46.4 Å². The third-order valence-corrected chi connectivity index (χ3v) is 31.6. The summed E-state index contributed by atoms with van der Waals surface area (Å²) in [6.45, 7) is 43.6. The summed E-state index contributed by atoms with van der Waals surface area (Å²) in [4.78, 5) is 52.6. The molecule has 0 amide bonds. The fourth-order valence-corrected chi connectivity index (χ4v) is 26.1. The Morgan fingerprint density at radius 3 is 1.33 bits per heavy atom. The number of carbonyl (C=O) groups is 4. The van der Waals surface area contributed by atoms with Gasteiger partial charge in [-0.25, -0.2) is 0 Å². The molecule has 0 bridgehead atoms. The van der Waals surface area contributed by atoms with Crippen molar-refractivity contribution in [3.8, 4) is 0 Å². The Labute approximate surface area is 542 Å². The first-order valence-corrected chi connectivity index (χ1v) is 35.8. The first-order chi connectivity index (χ1) is 42.5. The van der Waals surface area contributed by atoms with Gasteiger partial charge in [0.05, 0.1) is 18.6 Å². The number of ketones is 1. The third-order valence-electron chi connectivity index (χ3n) is 31.6. The lowest BCUT2D eigenvalue weighted by atomic mass is 9.31. The monoisotopic (exact) mass is 1220 g/mol. The van der Waals surface area contributed by atoms with Crippen molar-refractivity contribution >= 4 is 23.7 Å². The van der Waals surface area contributed by atoms with Crippen LogP contribution < -0.4 is 0 Å². The maximum absolute atomic E-state index is 14.5. The Morgan fingerprint density at radius 2 is 0.888 bits per heavy atom. The van der Waals surface area contributed by atoms with E-state index in [4.69, 9.17) is 15.6 Å². The maximum atomic E-state index is 14.5. The molecule has 10 fully saturated rings. The lowest BCUT2D eigenvalue weighted by molar-refractivity contribution is -0.249. The number of ether oxygens (including phenoxy) is 3. The molecule has 0 aromatic heterocycles. The van der Waals surface area contributed by atoms with Crippen molar-refractivity contribution in [2.24, 2.45) is 125 Å². The van der Waals surface area contributed by atoms with Crippen molar-refractivity contribution < 1.29 is 34.8 Å². The predicted molar refractivity (Wildman–Crippen MR) is 361 cm³/mol. The molecule has 0 N–H and O–H groups in total. The summed E-state index contributed by atoms with van der Waals surface area (Å²) in [6, 6.07) is 20.8. The predicted octanol–water partition coefficient (Wildman–Crippen LogP) is 20.2. The zero-order valence-corrected chi connectivity index (χ0v) is 58.7. The molecule has 0 radical (unpaired) electrons. The van der Waals surface area contributed by atoms with Crippen molar-refractivity contribution in [3.63, 3.8) is 0 Å². The highest BCUT2D eigenvalue weighted by molar-refractivity contribution is 5.86. The minimum Gasteiger partial charge on any atom is -0.465 e. The minimum atomic E-state index is -0.393. The second-order valence-electron chi connectivity index (χ2n) is 34.6. The summed E-state index contributed by atoms with van der Waals surface area (Å²) < 4.78 is 23.5. The van der Waals surface area contributed by atoms with Crippen molar-refractivity contribution in [1.82, 2.24) is 0 Å². The number of carbonyl (C=O) groups excluding carboxylic acids is 4. The van der Waals surface area contributed by atoms with Crippen LogP contribution in [0.2, 0.25) is 0 Å². The molecule has 10 saturated carbocycles. The molecule has 0 aliphatic heterocycles. The van der Waals surface area contributed by atoms with Crippen LogP contribution in [0.15, 0.2) is 85.0 Å². The van der Waals surface area contributed by atoms with Crippen LogP contribution in [-0.4, -0.2) is 36.9 Å². The second kappa shape index (κ2) is 24.4. The number of esters is 3. The normalized spacial score (nSPS) is 45.7. The van der Waals surface area contributed by atoms with Crippen molar-refractivity contribution in [2.45, 2.75) is 252 Å². The van der Waals surface area contributed by atoms with E-state index in [1.54, 1.807) is 13.8 Å². The molecule has 8 unspecified atom stereocenters. The summed E-state index contributed by atoms with van der Waals surface area (Å²) >= 11 is 0. The summed E-state index contributed by atoms with van der Waals surface area (Å²) in [7, 11) is 1.25. The average molecular weight is 1220 g/mol. The molecular formula is C82H122O7. The van der Waals surface area contributed by atoms with E-state index in [1.807, 2.05) is 30.3 Å². The summed E-state index contributed by atoms with van der Waals surface area (Å²) in [6.07, 6.45) is 24.8. The van der Waals surface area contributed by atoms with Crippen LogP contribution in [0.1, 0.15) is 252 Å².